The summed E-state index contributed by atoms with van der Waals surface area (Å²) in [5, 5.41) is 10.3. The summed E-state index contributed by atoms with van der Waals surface area (Å²) in [4.78, 5) is 25.5. The Labute approximate surface area is 191 Å². The number of anilines is 2. The van der Waals surface area contributed by atoms with Crippen LogP contribution in [-0.2, 0) is 0 Å². The van der Waals surface area contributed by atoms with E-state index in [-0.39, 0.29) is 17.2 Å². The molecule has 0 unspecified atom stereocenters. The van der Waals surface area contributed by atoms with Crippen molar-refractivity contribution in [2.75, 3.05) is 11.9 Å². The van der Waals surface area contributed by atoms with Crippen molar-refractivity contribution >= 4 is 17.3 Å². The number of hydrogen-bond acceptors (Lipinski definition) is 5. The Hall–Kier alpha value is -4.39. The van der Waals surface area contributed by atoms with Crippen LogP contribution in [-0.4, -0.2) is 22.2 Å². The van der Waals surface area contributed by atoms with E-state index in [0.29, 0.717) is 35.0 Å². The molecule has 0 fully saturated rings. The van der Waals surface area contributed by atoms with E-state index in [1.165, 1.54) is 10.9 Å². The Morgan fingerprint density at radius 2 is 1.61 bits per heavy atom. The molecule has 2 N–H and O–H groups in total. The first-order valence-corrected chi connectivity index (χ1v) is 10.7. The van der Waals surface area contributed by atoms with Crippen molar-refractivity contribution in [2.24, 2.45) is 0 Å². The Morgan fingerprint density at radius 3 is 2.27 bits per heavy atom. The Bertz CT molecular complexity index is 1270. The highest BCUT2D eigenvalue weighted by Crippen LogP contribution is 2.28. The summed E-state index contributed by atoms with van der Waals surface area (Å²) in [6, 6.07) is 25.3. The van der Waals surface area contributed by atoms with Gasteiger partial charge in [-0.15, -0.1) is 0 Å². The zero-order valence-corrected chi connectivity index (χ0v) is 18.2. The molecule has 0 radical (unpaired) electrons. The third-order valence-electron chi connectivity index (χ3n) is 4.87. The second-order valence-corrected chi connectivity index (χ2v) is 7.31. The normalized spacial score (nSPS) is 10.5. The number of ether oxygens (including phenoxy) is 1. The fourth-order valence-corrected chi connectivity index (χ4v) is 3.19. The molecule has 0 saturated carbocycles. The monoisotopic (exact) mass is 440 g/mol. The molecule has 33 heavy (non-hydrogen) atoms. The lowest BCUT2D eigenvalue weighted by molar-refractivity contribution is 0.0953. The molecule has 3 aromatic carbocycles. The van der Waals surface area contributed by atoms with E-state index in [1.807, 2.05) is 43.3 Å². The van der Waals surface area contributed by atoms with Crippen molar-refractivity contribution in [3.63, 3.8) is 0 Å². The molecule has 4 rings (SSSR count). The SMILES string of the molecule is CCCNC(=O)c1ccc(Nc2c(Oc3ccccc3)cnn(-c3ccccc3)c2=O)cc1. The van der Waals surface area contributed by atoms with E-state index < -0.39 is 0 Å². The van der Waals surface area contributed by atoms with Gasteiger partial charge in [0.05, 0.1) is 11.9 Å². The number of rotatable bonds is 8. The minimum absolute atomic E-state index is 0.133. The minimum atomic E-state index is -0.362. The van der Waals surface area contributed by atoms with Gasteiger partial charge in [0, 0.05) is 17.8 Å². The van der Waals surface area contributed by atoms with Crippen molar-refractivity contribution in [3.05, 3.63) is 107 Å². The first kappa shape index (κ1) is 21.8. The maximum atomic E-state index is 13.4. The Kier molecular flexibility index (Phi) is 6.80. The van der Waals surface area contributed by atoms with Crippen LogP contribution >= 0.6 is 0 Å². The van der Waals surface area contributed by atoms with Gasteiger partial charge in [0.2, 0.25) is 0 Å². The van der Waals surface area contributed by atoms with Gasteiger partial charge < -0.3 is 15.4 Å². The largest absolute Gasteiger partial charge is 0.453 e. The van der Waals surface area contributed by atoms with Crippen LogP contribution in [0.2, 0.25) is 0 Å². The van der Waals surface area contributed by atoms with Crippen molar-refractivity contribution in [1.29, 1.82) is 0 Å². The summed E-state index contributed by atoms with van der Waals surface area (Å²) in [6.45, 7) is 2.62. The average molecular weight is 441 g/mol. The lowest BCUT2D eigenvalue weighted by Gasteiger charge is -2.15. The molecular formula is C26H24N4O3. The number of benzene rings is 3. The van der Waals surface area contributed by atoms with Crippen LogP contribution in [0, 0.1) is 0 Å². The van der Waals surface area contributed by atoms with Gasteiger partial charge in [-0.3, -0.25) is 9.59 Å². The molecule has 1 amide bonds. The molecule has 0 saturated heterocycles. The molecule has 0 spiro atoms. The van der Waals surface area contributed by atoms with Gasteiger partial charge in [-0.2, -0.15) is 9.78 Å². The Balaban J connectivity index is 1.68. The molecule has 0 aliphatic rings. The predicted molar refractivity (Wildman–Crippen MR) is 129 cm³/mol. The highest BCUT2D eigenvalue weighted by atomic mass is 16.5. The zero-order valence-electron chi connectivity index (χ0n) is 18.2. The number of para-hydroxylation sites is 2. The van der Waals surface area contributed by atoms with Crippen LogP contribution in [0.3, 0.4) is 0 Å². The molecule has 0 aliphatic heterocycles. The molecule has 7 nitrogen and oxygen atoms in total. The van der Waals surface area contributed by atoms with Crippen molar-refractivity contribution in [3.8, 4) is 17.2 Å². The molecular weight excluding hydrogens is 416 g/mol. The van der Waals surface area contributed by atoms with Crippen LogP contribution in [0.25, 0.3) is 5.69 Å². The first-order valence-electron chi connectivity index (χ1n) is 10.7. The van der Waals surface area contributed by atoms with Gasteiger partial charge in [-0.25, -0.2) is 0 Å². The maximum absolute atomic E-state index is 13.4. The third kappa shape index (κ3) is 5.27. The predicted octanol–water partition coefficient (Wildman–Crippen LogP) is 4.91. The number of amides is 1. The smallest absolute Gasteiger partial charge is 0.299 e. The van der Waals surface area contributed by atoms with Crippen LogP contribution in [0.5, 0.6) is 11.5 Å². The van der Waals surface area contributed by atoms with Crippen LogP contribution in [0.1, 0.15) is 23.7 Å². The van der Waals surface area contributed by atoms with E-state index in [1.54, 1.807) is 48.5 Å². The van der Waals surface area contributed by atoms with Crippen molar-refractivity contribution in [2.45, 2.75) is 13.3 Å². The zero-order chi connectivity index (χ0) is 23.0. The van der Waals surface area contributed by atoms with Gasteiger partial charge in [0.1, 0.15) is 5.75 Å². The van der Waals surface area contributed by atoms with Gasteiger partial charge in [-0.05, 0) is 55.0 Å². The lowest BCUT2D eigenvalue weighted by Crippen LogP contribution is -2.24. The minimum Gasteiger partial charge on any atom is -0.453 e. The summed E-state index contributed by atoms with van der Waals surface area (Å²) in [5.41, 5.74) is 1.70. The van der Waals surface area contributed by atoms with Crippen LogP contribution in [0.15, 0.2) is 95.9 Å². The highest BCUT2D eigenvalue weighted by Gasteiger charge is 2.15. The maximum Gasteiger partial charge on any atom is 0.299 e. The molecule has 166 valence electrons. The fraction of sp³-hybridized carbons (Fsp3) is 0.115. The fourth-order valence-electron chi connectivity index (χ4n) is 3.19. The number of carbonyl (C=O) groups is 1. The first-order chi connectivity index (χ1) is 16.2. The quantitative estimate of drug-likeness (QED) is 0.407. The molecule has 1 aromatic heterocycles. The lowest BCUT2D eigenvalue weighted by atomic mass is 10.2. The average Bonchev–Trinajstić information content (AvgIpc) is 2.86. The van der Waals surface area contributed by atoms with Crippen molar-refractivity contribution in [1.82, 2.24) is 15.1 Å². The number of aromatic nitrogens is 2. The summed E-state index contributed by atoms with van der Waals surface area (Å²) in [7, 11) is 0. The molecule has 4 aromatic rings. The van der Waals surface area contributed by atoms with Gasteiger partial charge in [0.25, 0.3) is 11.5 Å². The standard InChI is InChI=1S/C26H24N4O3/c1-2-17-27-25(31)19-13-15-20(16-14-19)29-24-23(33-22-11-7-4-8-12-22)18-28-30(26(24)32)21-9-5-3-6-10-21/h3-16,18,29H,2,17H2,1H3,(H,27,31). The van der Waals surface area contributed by atoms with Crippen LogP contribution < -0.4 is 20.9 Å². The summed E-state index contributed by atoms with van der Waals surface area (Å²) in [6.07, 6.45) is 2.38. The number of carbonyl (C=O) groups excluding carboxylic acids is 1. The molecule has 0 bridgehead atoms. The second-order valence-electron chi connectivity index (χ2n) is 7.31. The number of hydrogen-bond donors (Lipinski definition) is 2. The van der Waals surface area contributed by atoms with Crippen molar-refractivity contribution < 1.29 is 9.53 Å². The molecule has 0 atom stereocenters. The van der Waals surface area contributed by atoms with E-state index in [2.05, 4.69) is 15.7 Å². The van der Waals surface area contributed by atoms with E-state index in [9.17, 15) is 9.59 Å². The summed E-state index contributed by atoms with van der Waals surface area (Å²) in [5.74, 6) is 0.747. The van der Waals surface area contributed by atoms with Crippen LogP contribution in [0.4, 0.5) is 11.4 Å². The van der Waals surface area contributed by atoms with E-state index >= 15 is 0 Å². The molecule has 0 aliphatic carbocycles. The molecule has 1 heterocycles. The van der Waals surface area contributed by atoms with Gasteiger partial charge in [-0.1, -0.05) is 43.3 Å². The highest BCUT2D eigenvalue weighted by molar-refractivity contribution is 5.94. The number of nitrogens with one attached hydrogen (secondary N) is 2. The molecule has 7 heteroatoms. The second kappa shape index (κ2) is 10.3. The van der Waals surface area contributed by atoms with E-state index in [0.717, 1.165) is 6.42 Å². The van der Waals surface area contributed by atoms with Gasteiger partial charge in [0.15, 0.2) is 11.4 Å². The Morgan fingerprint density at radius 1 is 0.939 bits per heavy atom. The number of nitrogens with zero attached hydrogens (tertiary/aromatic N) is 2. The van der Waals surface area contributed by atoms with Gasteiger partial charge >= 0.3 is 0 Å². The third-order valence-corrected chi connectivity index (χ3v) is 4.87. The summed E-state index contributed by atoms with van der Waals surface area (Å²) >= 11 is 0. The topological polar surface area (TPSA) is 85.2 Å². The summed E-state index contributed by atoms with van der Waals surface area (Å²) < 4.78 is 7.27. The van der Waals surface area contributed by atoms with E-state index in [4.69, 9.17) is 4.74 Å².